The third-order valence-corrected chi connectivity index (χ3v) is 4.10. The Balaban J connectivity index is 1.93. The van der Waals surface area contributed by atoms with Gasteiger partial charge in [-0.15, -0.1) is 0 Å². The molecule has 2 aliphatic rings. The summed E-state index contributed by atoms with van der Waals surface area (Å²) in [6.45, 7) is 7.74. The lowest BCUT2D eigenvalue weighted by Gasteiger charge is -2.45. The highest BCUT2D eigenvalue weighted by Gasteiger charge is 2.38. The Morgan fingerprint density at radius 3 is 2.47 bits per heavy atom. The molecule has 0 aliphatic carbocycles. The molecule has 0 radical (unpaired) electrons. The van der Waals surface area contributed by atoms with Gasteiger partial charge in [0.2, 0.25) is 5.91 Å². The number of carbonyl (C=O) groups excluding carboxylic acids is 1. The van der Waals surface area contributed by atoms with Gasteiger partial charge in [0.05, 0.1) is 0 Å². The van der Waals surface area contributed by atoms with Crippen LogP contribution in [0.4, 0.5) is 0 Å². The first-order valence-electron chi connectivity index (χ1n) is 6.12. The second-order valence-corrected chi connectivity index (χ2v) is 5.41. The van der Waals surface area contributed by atoms with E-state index in [-0.39, 0.29) is 5.91 Å². The Bertz CT molecular complexity index is 242. The average molecular weight is 210 g/mol. The molecule has 86 valence electrons. The maximum absolute atomic E-state index is 11.4. The summed E-state index contributed by atoms with van der Waals surface area (Å²) in [6, 6.07) is 0.653. The van der Waals surface area contributed by atoms with Gasteiger partial charge < -0.3 is 10.2 Å². The lowest BCUT2D eigenvalue weighted by Crippen LogP contribution is -2.48. The van der Waals surface area contributed by atoms with E-state index in [9.17, 15) is 4.79 Å². The zero-order chi connectivity index (χ0) is 10.9. The molecule has 0 aromatic heterocycles. The average Bonchev–Trinajstić information content (AvgIpc) is 2.18. The van der Waals surface area contributed by atoms with Crippen LogP contribution >= 0.6 is 0 Å². The summed E-state index contributed by atoms with van der Waals surface area (Å²) in [5, 5.41) is 2.94. The van der Waals surface area contributed by atoms with Crippen molar-refractivity contribution in [1.29, 1.82) is 0 Å². The minimum Gasteiger partial charge on any atom is -0.356 e. The van der Waals surface area contributed by atoms with Crippen LogP contribution in [-0.4, -0.2) is 36.5 Å². The molecule has 0 bridgehead atoms. The predicted molar refractivity (Wildman–Crippen MR) is 60.6 cm³/mol. The summed E-state index contributed by atoms with van der Waals surface area (Å²) in [7, 11) is 0. The minimum atomic E-state index is 0.263. The first-order valence-corrected chi connectivity index (χ1v) is 6.12. The van der Waals surface area contributed by atoms with Crippen molar-refractivity contribution >= 4 is 5.91 Å². The van der Waals surface area contributed by atoms with E-state index in [0.29, 0.717) is 11.5 Å². The topological polar surface area (TPSA) is 32.3 Å². The second-order valence-electron chi connectivity index (χ2n) is 5.41. The molecule has 3 nitrogen and oxygen atoms in total. The molecule has 1 N–H and O–H groups in total. The number of hydrogen-bond acceptors (Lipinski definition) is 2. The Labute approximate surface area is 92.2 Å². The molecule has 0 unspecified atom stereocenters. The van der Waals surface area contributed by atoms with Gasteiger partial charge in [0.25, 0.3) is 0 Å². The van der Waals surface area contributed by atoms with Crippen molar-refractivity contribution in [3.05, 3.63) is 0 Å². The van der Waals surface area contributed by atoms with Crippen molar-refractivity contribution in [1.82, 2.24) is 10.2 Å². The summed E-state index contributed by atoms with van der Waals surface area (Å²) >= 11 is 0. The fraction of sp³-hybridized carbons (Fsp3) is 0.917. The second kappa shape index (κ2) is 4.12. The van der Waals surface area contributed by atoms with Gasteiger partial charge in [-0.05, 0) is 51.6 Å². The van der Waals surface area contributed by atoms with E-state index < -0.39 is 0 Å². The number of likely N-dealkylation sites (tertiary alicyclic amines) is 1. The first kappa shape index (κ1) is 10.9. The summed E-state index contributed by atoms with van der Waals surface area (Å²) in [5.74, 6) is 0.263. The predicted octanol–water partition coefficient (Wildman–Crippen LogP) is 1.39. The minimum absolute atomic E-state index is 0.263. The van der Waals surface area contributed by atoms with Crippen LogP contribution < -0.4 is 5.32 Å². The summed E-state index contributed by atoms with van der Waals surface area (Å²) in [6.07, 6.45) is 4.36. The molecule has 2 rings (SSSR count). The van der Waals surface area contributed by atoms with E-state index in [0.717, 1.165) is 13.0 Å². The lowest BCUT2D eigenvalue weighted by molar-refractivity contribution is -0.127. The molecule has 0 saturated carbocycles. The molecule has 1 spiro atoms. The van der Waals surface area contributed by atoms with Crippen molar-refractivity contribution in [2.45, 2.75) is 45.6 Å². The number of carbonyl (C=O) groups is 1. The SMILES string of the molecule is CC(C)N1CCC2(CCNC(=O)C2)CC1. The Hall–Kier alpha value is -0.570. The van der Waals surface area contributed by atoms with Crippen molar-refractivity contribution < 1.29 is 4.79 Å². The van der Waals surface area contributed by atoms with E-state index in [1.165, 1.54) is 32.4 Å². The number of piperidine rings is 2. The fourth-order valence-corrected chi connectivity index (χ4v) is 2.90. The summed E-state index contributed by atoms with van der Waals surface area (Å²) in [4.78, 5) is 14.0. The smallest absolute Gasteiger partial charge is 0.220 e. The molecular weight excluding hydrogens is 188 g/mol. The van der Waals surface area contributed by atoms with Crippen LogP contribution in [0.15, 0.2) is 0 Å². The Morgan fingerprint density at radius 2 is 1.93 bits per heavy atom. The number of nitrogens with one attached hydrogen (secondary N) is 1. The van der Waals surface area contributed by atoms with Crippen LogP contribution in [0, 0.1) is 5.41 Å². The Kier molecular flexibility index (Phi) is 3.01. The van der Waals surface area contributed by atoms with Crippen molar-refractivity contribution in [2.24, 2.45) is 5.41 Å². The van der Waals surface area contributed by atoms with Crippen molar-refractivity contribution in [3.8, 4) is 0 Å². The molecule has 0 atom stereocenters. The van der Waals surface area contributed by atoms with Gasteiger partial charge in [0.1, 0.15) is 0 Å². The van der Waals surface area contributed by atoms with Crippen LogP contribution in [0.3, 0.4) is 0 Å². The third-order valence-electron chi connectivity index (χ3n) is 4.10. The van der Waals surface area contributed by atoms with Gasteiger partial charge in [0.15, 0.2) is 0 Å². The molecule has 0 aromatic carbocycles. The standard InChI is InChI=1S/C12H22N2O/c1-10(2)14-7-4-12(5-8-14)3-6-13-11(15)9-12/h10H,3-9H2,1-2H3,(H,13,15). The summed E-state index contributed by atoms with van der Waals surface area (Å²) in [5.41, 5.74) is 0.341. The highest BCUT2D eigenvalue weighted by atomic mass is 16.1. The van der Waals surface area contributed by atoms with Gasteiger partial charge in [-0.1, -0.05) is 0 Å². The third kappa shape index (κ3) is 2.33. The molecule has 3 heteroatoms. The van der Waals surface area contributed by atoms with Crippen LogP contribution in [0.2, 0.25) is 0 Å². The van der Waals surface area contributed by atoms with E-state index >= 15 is 0 Å². The molecule has 2 heterocycles. The highest BCUT2D eigenvalue weighted by Crippen LogP contribution is 2.40. The van der Waals surface area contributed by atoms with E-state index in [1.54, 1.807) is 0 Å². The molecule has 15 heavy (non-hydrogen) atoms. The maximum atomic E-state index is 11.4. The Morgan fingerprint density at radius 1 is 1.27 bits per heavy atom. The van der Waals surface area contributed by atoms with E-state index in [1.807, 2.05) is 0 Å². The monoisotopic (exact) mass is 210 g/mol. The van der Waals surface area contributed by atoms with Crippen LogP contribution in [-0.2, 0) is 4.79 Å². The quantitative estimate of drug-likeness (QED) is 0.709. The normalized spacial score (nSPS) is 27.0. The zero-order valence-electron chi connectivity index (χ0n) is 9.88. The zero-order valence-corrected chi connectivity index (χ0v) is 9.88. The molecule has 1 amide bonds. The van der Waals surface area contributed by atoms with Gasteiger partial charge in [0, 0.05) is 19.0 Å². The molecule has 0 aromatic rings. The van der Waals surface area contributed by atoms with Gasteiger partial charge in [-0.3, -0.25) is 4.79 Å². The molecule has 2 aliphatic heterocycles. The maximum Gasteiger partial charge on any atom is 0.220 e. The number of rotatable bonds is 1. The molecule has 2 saturated heterocycles. The van der Waals surface area contributed by atoms with Crippen LogP contribution in [0.1, 0.15) is 39.5 Å². The van der Waals surface area contributed by atoms with Crippen molar-refractivity contribution in [3.63, 3.8) is 0 Å². The molecule has 2 fully saturated rings. The number of nitrogens with zero attached hydrogens (tertiary/aromatic N) is 1. The summed E-state index contributed by atoms with van der Waals surface area (Å²) < 4.78 is 0. The largest absolute Gasteiger partial charge is 0.356 e. The van der Waals surface area contributed by atoms with Crippen LogP contribution in [0.5, 0.6) is 0 Å². The van der Waals surface area contributed by atoms with Gasteiger partial charge >= 0.3 is 0 Å². The first-order chi connectivity index (χ1) is 7.11. The number of amides is 1. The number of hydrogen-bond donors (Lipinski definition) is 1. The van der Waals surface area contributed by atoms with Crippen LogP contribution in [0.25, 0.3) is 0 Å². The van der Waals surface area contributed by atoms with E-state index in [4.69, 9.17) is 0 Å². The van der Waals surface area contributed by atoms with Gasteiger partial charge in [-0.25, -0.2) is 0 Å². The van der Waals surface area contributed by atoms with Crippen molar-refractivity contribution in [2.75, 3.05) is 19.6 Å². The fourth-order valence-electron chi connectivity index (χ4n) is 2.90. The molecular formula is C12H22N2O. The van der Waals surface area contributed by atoms with Gasteiger partial charge in [-0.2, -0.15) is 0 Å². The lowest BCUT2D eigenvalue weighted by atomic mass is 9.71. The van der Waals surface area contributed by atoms with E-state index in [2.05, 4.69) is 24.1 Å². The highest BCUT2D eigenvalue weighted by molar-refractivity contribution is 5.77.